The summed E-state index contributed by atoms with van der Waals surface area (Å²) in [4.78, 5) is 19.0. The molecule has 3 N–H and O–H groups in total. The average Bonchev–Trinajstić information content (AvgIpc) is 2.81. The Morgan fingerprint density at radius 2 is 2.12 bits per heavy atom. The predicted octanol–water partition coefficient (Wildman–Crippen LogP) is 4.19. The fourth-order valence-electron chi connectivity index (χ4n) is 3.80. The third-order valence-electron chi connectivity index (χ3n) is 5.59. The lowest BCUT2D eigenvalue weighted by molar-refractivity contribution is 0.154. The number of carbonyl (C=O) groups is 1. The fraction of sp³-hybridized carbons (Fsp3) is 0.520. The van der Waals surface area contributed by atoms with E-state index in [1.54, 1.807) is 31.5 Å². The molecule has 1 aromatic carbocycles. The molecule has 2 heterocycles. The lowest BCUT2D eigenvalue weighted by Crippen LogP contribution is -2.38. The van der Waals surface area contributed by atoms with Crippen molar-refractivity contribution in [1.82, 2.24) is 10.3 Å². The van der Waals surface area contributed by atoms with Crippen LogP contribution in [0.3, 0.4) is 0 Å². The number of piperidine rings is 1. The highest BCUT2D eigenvalue weighted by Crippen LogP contribution is 2.30. The van der Waals surface area contributed by atoms with E-state index in [4.69, 9.17) is 9.47 Å². The molecule has 33 heavy (non-hydrogen) atoms. The smallest absolute Gasteiger partial charge is 0.319 e. The predicted molar refractivity (Wildman–Crippen MR) is 130 cm³/mol. The van der Waals surface area contributed by atoms with Gasteiger partial charge in [-0.2, -0.15) is 0 Å². The molecule has 2 amide bonds. The molecule has 1 fully saturated rings. The van der Waals surface area contributed by atoms with Gasteiger partial charge in [-0.05, 0) is 61.4 Å². The maximum absolute atomic E-state index is 12.5. The number of rotatable bonds is 10. The molecule has 1 atom stereocenters. The summed E-state index contributed by atoms with van der Waals surface area (Å²) in [6.45, 7) is 6.81. The normalized spacial score (nSPS) is 15.9. The maximum Gasteiger partial charge on any atom is 0.319 e. The van der Waals surface area contributed by atoms with Gasteiger partial charge in [-0.1, -0.05) is 13.8 Å². The molecule has 3 rings (SSSR count). The minimum Gasteiger partial charge on any atom is -0.493 e. The molecule has 0 saturated carbocycles. The molecule has 1 aliphatic heterocycles. The molecule has 0 aliphatic carbocycles. The number of nitrogens with one attached hydrogen (secondary N) is 2. The number of β-amino-alcohol motifs (C(OH)–C–C–N with tert-alkyl or cyclic N) is 1. The van der Waals surface area contributed by atoms with Crippen molar-refractivity contribution >= 4 is 17.5 Å². The Morgan fingerprint density at radius 1 is 1.27 bits per heavy atom. The number of urea groups is 1. The van der Waals surface area contributed by atoms with Gasteiger partial charge in [0.2, 0.25) is 0 Å². The first-order chi connectivity index (χ1) is 15.9. The number of anilines is 2. The highest BCUT2D eigenvalue weighted by atomic mass is 16.5. The van der Waals surface area contributed by atoms with Crippen molar-refractivity contribution < 1.29 is 19.4 Å². The van der Waals surface area contributed by atoms with Gasteiger partial charge in [0.15, 0.2) is 11.5 Å². The number of amides is 2. The van der Waals surface area contributed by atoms with Crippen molar-refractivity contribution in [2.24, 2.45) is 5.92 Å². The van der Waals surface area contributed by atoms with Crippen LogP contribution in [0, 0.1) is 5.92 Å². The van der Waals surface area contributed by atoms with Gasteiger partial charge < -0.3 is 30.1 Å². The van der Waals surface area contributed by atoms with Crippen LogP contribution in [0.2, 0.25) is 0 Å². The number of nitrogens with zero attached hydrogens (tertiary/aromatic N) is 2. The highest BCUT2D eigenvalue weighted by molar-refractivity contribution is 5.89. The third-order valence-corrected chi connectivity index (χ3v) is 5.59. The zero-order chi connectivity index (χ0) is 23.6. The molecule has 8 heteroatoms. The fourth-order valence-corrected chi connectivity index (χ4v) is 3.80. The van der Waals surface area contributed by atoms with Crippen molar-refractivity contribution in [2.75, 3.05) is 37.0 Å². The zero-order valence-electron chi connectivity index (χ0n) is 19.8. The number of pyridine rings is 1. The van der Waals surface area contributed by atoms with Crippen LogP contribution in [0.4, 0.5) is 16.3 Å². The maximum atomic E-state index is 12.5. The van der Waals surface area contributed by atoms with Crippen molar-refractivity contribution in [3.63, 3.8) is 0 Å². The van der Waals surface area contributed by atoms with E-state index >= 15 is 0 Å². The summed E-state index contributed by atoms with van der Waals surface area (Å²) < 4.78 is 11.3. The lowest BCUT2D eigenvalue weighted by Gasteiger charge is -2.31. The number of methoxy groups -OCH3 is 1. The lowest BCUT2D eigenvalue weighted by atomic mass is 10.1. The van der Waals surface area contributed by atoms with Crippen LogP contribution < -0.4 is 25.0 Å². The Bertz CT molecular complexity index is 906. The largest absolute Gasteiger partial charge is 0.493 e. The average molecular weight is 457 g/mol. The van der Waals surface area contributed by atoms with Gasteiger partial charge in [0.05, 0.1) is 19.8 Å². The number of benzene rings is 1. The first-order valence-electron chi connectivity index (χ1n) is 11.7. The molecule has 1 aliphatic rings. The van der Waals surface area contributed by atoms with Gasteiger partial charge in [-0.15, -0.1) is 0 Å². The van der Waals surface area contributed by atoms with Crippen molar-refractivity contribution in [1.29, 1.82) is 0 Å². The Labute approximate surface area is 196 Å². The van der Waals surface area contributed by atoms with Gasteiger partial charge in [-0.25, -0.2) is 9.78 Å². The number of aliphatic hydroxyl groups is 1. The monoisotopic (exact) mass is 456 g/mol. The molecule has 0 radical (unpaired) electrons. The minimum absolute atomic E-state index is 0.308. The van der Waals surface area contributed by atoms with Gasteiger partial charge >= 0.3 is 6.03 Å². The van der Waals surface area contributed by atoms with Crippen LogP contribution in [0.1, 0.15) is 45.1 Å². The van der Waals surface area contributed by atoms with Crippen LogP contribution in [0.15, 0.2) is 36.5 Å². The van der Waals surface area contributed by atoms with Gasteiger partial charge in [0.1, 0.15) is 5.82 Å². The van der Waals surface area contributed by atoms with Gasteiger partial charge in [-0.3, -0.25) is 0 Å². The summed E-state index contributed by atoms with van der Waals surface area (Å²) >= 11 is 0. The molecule has 0 spiro atoms. The molecule has 1 saturated heterocycles. The van der Waals surface area contributed by atoms with Crippen molar-refractivity contribution in [2.45, 2.75) is 52.2 Å². The number of carbonyl (C=O) groups excluding carboxylic acids is 1. The summed E-state index contributed by atoms with van der Waals surface area (Å²) in [5.41, 5.74) is 1.57. The van der Waals surface area contributed by atoms with E-state index in [-0.39, 0.29) is 12.1 Å². The van der Waals surface area contributed by atoms with Crippen LogP contribution in [0.5, 0.6) is 11.5 Å². The second-order valence-corrected chi connectivity index (χ2v) is 8.82. The molecule has 1 aromatic heterocycles. The molecular weight excluding hydrogens is 420 g/mol. The van der Waals surface area contributed by atoms with E-state index in [2.05, 4.69) is 34.4 Å². The van der Waals surface area contributed by atoms with Crippen LogP contribution in [0.25, 0.3) is 0 Å². The second-order valence-electron chi connectivity index (χ2n) is 8.82. The summed E-state index contributed by atoms with van der Waals surface area (Å²) in [6, 6.07) is 8.87. The molecular formula is C25H36N4O4. The Balaban J connectivity index is 1.53. The minimum atomic E-state index is -0.318. The first kappa shape index (κ1) is 24.6. The Hall–Kier alpha value is -3.00. The Morgan fingerprint density at radius 3 is 2.88 bits per heavy atom. The number of hydrogen-bond acceptors (Lipinski definition) is 6. The van der Waals surface area contributed by atoms with E-state index in [1.165, 1.54) is 0 Å². The van der Waals surface area contributed by atoms with Gasteiger partial charge in [0, 0.05) is 37.6 Å². The number of ether oxygens (including phenoxy) is 2. The SMILES string of the molecule is COc1ccc(NC(=O)NCc2ccnc(N3CCCC(O)C3)c2)cc1OCCCC(C)C. The first-order valence-corrected chi connectivity index (χ1v) is 11.7. The quantitative estimate of drug-likeness (QED) is 0.464. The standard InChI is InChI=1S/C25H36N4O4/c1-18(2)6-5-13-33-23-15-20(8-9-22(23)32-3)28-25(31)27-16-19-10-11-26-24(14-19)29-12-4-7-21(30)17-29/h8-11,14-15,18,21,30H,4-7,12-13,16-17H2,1-3H3,(H2,27,28,31). The van der Waals surface area contributed by atoms with Gasteiger partial charge in [0.25, 0.3) is 0 Å². The number of hydrogen-bond donors (Lipinski definition) is 3. The number of aliphatic hydroxyl groups excluding tert-OH is 1. The summed E-state index contributed by atoms with van der Waals surface area (Å²) in [7, 11) is 1.60. The topological polar surface area (TPSA) is 96.0 Å². The van der Waals surface area contributed by atoms with E-state index in [1.807, 2.05) is 12.1 Å². The summed E-state index contributed by atoms with van der Waals surface area (Å²) in [5, 5.41) is 15.6. The zero-order valence-corrected chi connectivity index (χ0v) is 19.8. The highest BCUT2D eigenvalue weighted by Gasteiger charge is 2.19. The third kappa shape index (κ3) is 7.82. The van der Waals surface area contributed by atoms with Crippen molar-refractivity contribution in [3.8, 4) is 11.5 Å². The van der Waals surface area contributed by atoms with Crippen molar-refractivity contribution in [3.05, 3.63) is 42.1 Å². The number of aromatic nitrogens is 1. The van der Waals surface area contributed by atoms with E-state index < -0.39 is 0 Å². The summed E-state index contributed by atoms with van der Waals surface area (Å²) in [6.07, 6.45) is 5.24. The molecule has 8 nitrogen and oxygen atoms in total. The van der Waals surface area contributed by atoms with E-state index in [0.717, 1.165) is 43.6 Å². The molecule has 1 unspecified atom stereocenters. The second kappa shape index (κ2) is 12.3. The van der Waals surface area contributed by atoms with Crippen LogP contribution >= 0.6 is 0 Å². The van der Waals surface area contributed by atoms with E-state index in [0.29, 0.717) is 42.8 Å². The molecule has 180 valence electrons. The Kier molecular flexibility index (Phi) is 9.18. The molecule has 2 aromatic rings. The van der Waals surface area contributed by atoms with Crippen LogP contribution in [-0.4, -0.2) is 49.0 Å². The molecule has 0 bridgehead atoms. The van der Waals surface area contributed by atoms with E-state index in [9.17, 15) is 9.90 Å². The summed E-state index contributed by atoms with van der Waals surface area (Å²) in [5.74, 6) is 2.71. The van der Waals surface area contributed by atoms with Crippen LogP contribution in [-0.2, 0) is 6.54 Å².